The van der Waals surface area contributed by atoms with Crippen LogP contribution in [0.3, 0.4) is 0 Å². The summed E-state index contributed by atoms with van der Waals surface area (Å²) >= 11 is 0. The Kier molecular flexibility index (Phi) is 8.56. The summed E-state index contributed by atoms with van der Waals surface area (Å²) in [5.41, 5.74) is -0.105. The molecule has 1 saturated carbocycles. The molecular weight excluding hydrogens is 240 g/mol. The van der Waals surface area contributed by atoms with E-state index < -0.39 is 0 Å². The average molecular weight is 265 g/mol. The van der Waals surface area contributed by atoms with Gasteiger partial charge in [0.1, 0.15) is 0 Å². The van der Waals surface area contributed by atoms with Gasteiger partial charge in [0.05, 0.1) is 6.61 Å². The highest BCUT2D eigenvalue weighted by Gasteiger charge is 2.35. The van der Waals surface area contributed by atoms with Crippen molar-refractivity contribution in [3.63, 3.8) is 0 Å². The van der Waals surface area contributed by atoms with Crippen LogP contribution in [0.4, 0.5) is 0 Å². The van der Waals surface area contributed by atoms with Gasteiger partial charge in [-0.2, -0.15) is 0 Å². The molecule has 17 heavy (non-hydrogen) atoms. The second-order valence-corrected chi connectivity index (χ2v) is 4.77. The van der Waals surface area contributed by atoms with E-state index in [2.05, 4.69) is 17.6 Å². The van der Waals surface area contributed by atoms with Gasteiger partial charge in [0.2, 0.25) is 5.91 Å². The second-order valence-electron chi connectivity index (χ2n) is 4.77. The zero-order valence-corrected chi connectivity index (χ0v) is 11.7. The van der Waals surface area contributed by atoms with Gasteiger partial charge in [-0.1, -0.05) is 19.8 Å². The summed E-state index contributed by atoms with van der Waals surface area (Å²) in [7, 11) is 1.68. The van der Waals surface area contributed by atoms with Crippen molar-refractivity contribution >= 4 is 18.3 Å². The van der Waals surface area contributed by atoms with Gasteiger partial charge in [-0.15, -0.1) is 12.4 Å². The molecule has 0 aromatic carbocycles. The summed E-state index contributed by atoms with van der Waals surface area (Å²) in [5.74, 6) is 0.221. The largest absolute Gasteiger partial charge is 0.383 e. The lowest BCUT2D eigenvalue weighted by atomic mass is 9.88. The van der Waals surface area contributed by atoms with Crippen molar-refractivity contribution in [2.24, 2.45) is 5.41 Å². The van der Waals surface area contributed by atoms with Gasteiger partial charge in [-0.25, -0.2) is 0 Å². The van der Waals surface area contributed by atoms with Crippen LogP contribution in [0.5, 0.6) is 0 Å². The van der Waals surface area contributed by atoms with E-state index in [4.69, 9.17) is 4.74 Å². The molecule has 0 aromatic rings. The molecule has 2 N–H and O–H groups in total. The van der Waals surface area contributed by atoms with Gasteiger partial charge in [0, 0.05) is 32.2 Å². The monoisotopic (exact) mass is 264 g/mol. The topological polar surface area (TPSA) is 50.4 Å². The average Bonchev–Trinajstić information content (AvgIpc) is 2.71. The Morgan fingerprint density at radius 1 is 1.24 bits per heavy atom. The van der Waals surface area contributed by atoms with Crippen molar-refractivity contribution < 1.29 is 9.53 Å². The molecule has 4 nitrogen and oxygen atoms in total. The van der Waals surface area contributed by atoms with Gasteiger partial charge >= 0.3 is 0 Å². The quantitative estimate of drug-likeness (QED) is 0.683. The van der Waals surface area contributed by atoms with E-state index >= 15 is 0 Å². The Balaban J connectivity index is 0.00000256. The van der Waals surface area contributed by atoms with E-state index in [1.54, 1.807) is 7.11 Å². The first-order valence-electron chi connectivity index (χ1n) is 6.17. The van der Waals surface area contributed by atoms with Crippen LogP contribution in [0.25, 0.3) is 0 Å². The number of amides is 1. The number of rotatable bonds is 7. The van der Waals surface area contributed by atoms with E-state index in [0.29, 0.717) is 13.2 Å². The smallest absolute Gasteiger partial charge is 0.225 e. The maximum atomic E-state index is 11.9. The molecule has 0 atom stereocenters. The number of nitrogens with one attached hydrogen (secondary N) is 2. The van der Waals surface area contributed by atoms with Gasteiger partial charge in [-0.3, -0.25) is 4.79 Å². The Hall–Kier alpha value is -0.320. The normalized spacial score (nSPS) is 17.5. The van der Waals surface area contributed by atoms with Crippen LogP contribution in [0, 0.1) is 5.41 Å². The SMILES string of the molecule is COCCNCCNC(=O)C1(C)CCCC1.Cl. The van der Waals surface area contributed by atoms with Crippen LogP contribution in [-0.2, 0) is 9.53 Å². The van der Waals surface area contributed by atoms with Gasteiger partial charge in [0.15, 0.2) is 0 Å². The predicted molar refractivity (Wildman–Crippen MR) is 71.6 cm³/mol. The molecule has 1 aliphatic rings. The van der Waals surface area contributed by atoms with Crippen molar-refractivity contribution in [1.82, 2.24) is 10.6 Å². The number of carbonyl (C=O) groups excluding carboxylic acids is 1. The van der Waals surface area contributed by atoms with Crippen LogP contribution < -0.4 is 10.6 Å². The lowest BCUT2D eigenvalue weighted by Gasteiger charge is -2.22. The summed E-state index contributed by atoms with van der Waals surface area (Å²) < 4.78 is 4.92. The van der Waals surface area contributed by atoms with Crippen molar-refractivity contribution in [2.75, 3.05) is 33.4 Å². The summed E-state index contributed by atoms with van der Waals surface area (Å²) in [6.07, 6.45) is 4.46. The Bertz CT molecular complexity index is 219. The summed E-state index contributed by atoms with van der Waals surface area (Å²) in [4.78, 5) is 11.9. The highest BCUT2D eigenvalue weighted by molar-refractivity contribution is 5.85. The van der Waals surface area contributed by atoms with E-state index in [1.165, 1.54) is 12.8 Å². The molecular formula is C12H25ClN2O2. The first kappa shape index (κ1) is 16.7. The van der Waals surface area contributed by atoms with Gasteiger partial charge < -0.3 is 15.4 Å². The third-order valence-electron chi connectivity index (χ3n) is 3.33. The number of halogens is 1. The molecule has 0 radical (unpaired) electrons. The van der Waals surface area contributed by atoms with Crippen LogP contribution in [0.15, 0.2) is 0 Å². The second kappa shape index (κ2) is 8.72. The Labute approximate surface area is 110 Å². The molecule has 102 valence electrons. The number of hydrogen-bond acceptors (Lipinski definition) is 3. The number of ether oxygens (including phenoxy) is 1. The standard InChI is InChI=1S/C12H24N2O2.ClH/c1-12(5-3-4-6-12)11(15)14-8-7-13-9-10-16-2;/h13H,3-10H2,1-2H3,(H,14,15);1H. The van der Waals surface area contributed by atoms with Gasteiger partial charge in [-0.05, 0) is 12.8 Å². The lowest BCUT2D eigenvalue weighted by molar-refractivity contribution is -0.129. The molecule has 5 heteroatoms. The fraction of sp³-hybridized carbons (Fsp3) is 0.917. The van der Waals surface area contributed by atoms with Crippen molar-refractivity contribution in [3.05, 3.63) is 0 Å². The minimum absolute atomic E-state index is 0. The molecule has 1 aliphatic carbocycles. The fourth-order valence-corrected chi connectivity index (χ4v) is 2.16. The van der Waals surface area contributed by atoms with E-state index in [0.717, 1.165) is 25.9 Å². The number of hydrogen-bond donors (Lipinski definition) is 2. The Morgan fingerprint density at radius 2 is 1.88 bits per heavy atom. The highest BCUT2D eigenvalue weighted by atomic mass is 35.5. The first-order chi connectivity index (χ1) is 7.69. The zero-order valence-electron chi connectivity index (χ0n) is 10.9. The van der Waals surface area contributed by atoms with Crippen molar-refractivity contribution in [2.45, 2.75) is 32.6 Å². The first-order valence-corrected chi connectivity index (χ1v) is 6.17. The molecule has 0 aromatic heterocycles. The predicted octanol–water partition coefficient (Wildman–Crippen LogP) is 1.34. The van der Waals surface area contributed by atoms with E-state index in [-0.39, 0.29) is 23.7 Å². The summed E-state index contributed by atoms with van der Waals surface area (Å²) in [5, 5.41) is 6.20. The molecule has 1 fully saturated rings. The number of carbonyl (C=O) groups is 1. The van der Waals surface area contributed by atoms with E-state index in [9.17, 15) is 4.79 Å². The van der Waals surface area contributed by atoms with Crippen molar-refractivity contribution in [3.8, 4) is 0 Å². The lowest BCUT2D eigenvalue weighted by Crippen LogP contribution is -2.40. The third kappa shape index (κ3) is 5.70. The molecule has 1 amide bonds. The molecule has 0 bridgehead atoms. The number of methoxy groups -OCH3 is 1. The minimum atomic E-state index is -0.105. The van der Waals surface area contributed by atoms with Crippen LogP contribution in [-0.4, -0.2) is 39.3 Å². The fourth-order valence-electron chi connectivity index (χ4n) is 2.16. The molecule has 0 unspecified atom stereocenters. The molecule has 0 spiro atoms. The van der Waals surface area contributed by atoms with Gasteiger partial charge in [0.25, 0.3) is 0 Å². The third-order valence-corrected chi connectivity index (χ3v) is 3.33. The molecule has 0 saturated heterocycles. The maximum Gasteiger partial charge on any atom is 0.225 e. The Morgan fingerprint density at radius 3 is 2.47 bits per heavy atom. The van der Waals surface area contributed by atoms with Crippen LogP contribution >= 0.6 is 12.4 Å². The maximum absolute atomic E-state index is 11.9. The highest BCUT2D eigenvalue weighted by Crippen LogP contribution is 2.37. The molecule has 0 aliphatic heterocycles. The summed E-state index contributed by atoms with van der Waals surface area (Å²) in [6, 6.07) is 0. The minimum Gasteiger partial charge on any atom is -0.383 e. The van der Waals surface area contributed by atoms with E-state index in [1.807, 2.05) is 0 Å². The van der Waals surface area contributed by atoms with Crippen LogP contribution in [0.2, 0.25) is 0 Å². The molecule has 0 heterocycles. The van der Waals surface area contributed by atoms with Crippen molar-refractivity contribution in [1.29, 1.82) is 0 Å². The summed E-state index contributed by atoms with van der Waals surface area (Å²) in [6.45, 7) is 5.15. The molecule has 1 rings (SSSR count). The zero-order chi connectivity index (χ0) is 11.9. The van der Waals surface area contributed by atoms with Crippen LogP contribution in [0.1, 0.15) is 32.6 Å².